The van der Waals surface area contributed by atoms with Gasteiger partial charge in [-0.1, -0.05) is 12.1 Å². The molecule has 2 rings (SSSR count). The normalized spacial score (nSPS) is 16.2. The van der Waals surface area contributed by atoms with E-state index in [2.05, 4.69) is 21.2 Å². The summed E-state index contributed by atoms with van der Waals surface area (Å²) in [5, 5.41) is 2.93. The molecule has 0 spiro atoms. The molecule has 0 aliphatic carbocycles. The fourth-order valence-corrected chi connectivity index (χ4v) is 2.64. The topological polar surface area (TPSA) is 49.4 Å². The molecule has 0 saturated carbocycles. The summed E-state index contributed by atoms with van der Waals surface area (Å²) < 4.78 is 0.879. The van der Waals surface area contributed by atoms with E-state index in [0.717, 1.165) is 23.0 Å². The minimum absolute atomic E-state index is 0.0114. The number of amides is 2. The van der Waals surface area contributed by atoms with Gasteiger partial charge in [-0.05, 0) is 40.9 Å². The quantitative estimate of drug-likeness (QED) is 0.845. The number of carbonyl (C=O) groups excluding carboxylic acids is 2. The number of hydrogen-bond acceptors (Lipinski definition) is 2. The summed E-state index contributed by atoms with van der Waals surface area (Å²) in [5.74, 6) is 0.113. The number of halogens is 1. The molecule has 0 unspecified atom stereocenters. The van der Waals surface area contributed by atoms with Crippen LogP contribution in [0.3, 0.4) is 0 Å². The molecule has 1 saturated heterocycles. The highest BCUT2D eigenvalue weighted by atomic mass is 79.9. The molecule has 100 valence electrons. The van der Waals surface area contributed by atoms with Crippen molar-refractivity contribution in [3.63, 3.8) is 0 Å². The van der Waals surface area contributed by atoms with Crippen LogP contribution in [0.15, 0.2) is 28.7 Å². The van der Waals surface area contributed by atoms with Crippen molar-refractivity contribution in [2.45, 2.75) is 12.8 Å². The molecule has 1 aromatic rings. The van der Waals surface area contributed by atoms with E-state index >= 15 is 0 Å². The molecule has 4 nitrogen and oxygen atoms in total. The van der Waals surface area contributed by atoms with Crippen LogP contribution in [0.5, 0.6) is 0 Å². The van der Waals surface area contributed by atoms with Gasteiger partial charge in [-0.25, -0.2) is 0 Å². The summed E-state index contributed by atoms with van der Waals surface area (Å²) in [6.45, 7) is 1.34. The largest absolute Gasteiger partial charge is 0.352 e. The number of benzene rings is 1. The highest BCUT2D eigenvalue weighted by molar-refractivity contribution is 9.10. The van der Waals surface area contributed by atoms with Crippen molar-refractivity contribution in [2.24, 2.45) is 5.92 Å². The van der Waals surface area contributed by atoms with Crippen LogP contribution in [0.4, 0.5) is 10.5 Å². The molecule has 0 aromatic heterocycles. The van der Waals surface area contributed by atoms with Crippen LogP contribution < -0.4 is 5.32 Å². The van der Waals surface area contributed by atoms with Crippen molar-refractivity contribution in [1.82, 2.24) is 4.90 Å². The summed E-state index contributed by atoms with van der Waals surface area (Å²) in [6.07, 6.45) is 1.46. The molecule has 1 N–H and O–H groups in total. The number of carbonyl (C=O) groups is 2. The second-order valence-corrected chi connectivity index (χ2v) is 5.60. The van der Waals surface area contributed by atoms with Gasteiger partial charge in [0, 0.05) is 23.5 Å². The average molecular weight is 323 g/mol. The maximum Gasteiger partial charge on any atom is 0.227 e. The third kappa shape index (κ3) is 3.59. The van der Waals surface area contributed by atoms with Crippen molar-refractivity contribution in [3.05, 3.63) is 28.7 Å². The van der Waals surface area contributed by atoms with Crippen LogP contribution in [-0.2, 0) is 4.79 Å². The lowest BCUT2D eigenvalue weighted by Gasteiger charge is -2.30. The van der Waals surface area contributed by atoms with Crippen molar-refractivity contribution < 1.29 is 9.59 Å². The van der Waals surface area contributed by atoms with E-state index in [9.17, 15) is 9.59 Å². The molecule has 0 radical (unpaired) electrons. The van der Waals surface area contributed by atoms with Gasteiger partial charge in [0.1, 0.15) is 0 Å². The lowest BCUT2D eigenvalue weighted by molar-refractivity contribution is -0.121. The number of hydrogen-bond donors (Lipinski definition) is 1. The van der Waals surface area contributed by atoms with Gasteiger partial charge in [0.25, 0.3) is 0 Å². The Morgan fingerprint density at radius 2 is 1.89 bits per heavy atom. The summed E-state index contributed by atoms with van der Waals surface area (Å²) in [4.78, 5) is 25.2. The summed E-state index contributed by atoms with van der Waals surface area (Å²) in [6, 6.07) is 7.56. The molecule has 19 heavy (non-hydrogen) atoms. The Kier molecular flexibility index (Phi) is 4.63. The standard InChI is InChI=1S/C13H16BBrN2O2/c14-13(19)17-7-5-9(6-8-17)12(18)16-11-4-2-1-3-10(11)15/h1-4,9H,5-8,14H2,(H,16,18). The zero-order valence-electron chi connectivity index (χ0n) is 10.9. The Morgan fingerprint density at radius 1 is 1.26 bits per heavy atom. The molecule has 1 heterocycles. The second-order valence-electron chi connectivity index (χ2n) is 4.75. The Hall–Kier alpha value is -1.30. The van der Waals surface area contributed by atoms with Crippen molar-refractivity contribution >= 4 is 41.2 Å². The third-order valence-corrected chi connectivity index (χ3v) is 4.13. The molecular formula is C13H16BBrN2O2. The van der Waals surface area contributed by atoms with Gasteiger partial charge in [0.2, 0.25) is 13.8 Å². The first-order valence-electron chi connectivity index (χ1n) is 6.39. The molecule has 0 atom stereocenters. The summed E-state index contributed by atoms with van der Waals surface area (Å²) >= 11 is 3.41. The van der Waals surface area contributed by atoms with Gasteiger partial charge < -0.3 is 10.2 Å². The van der Waals surface area contributed by atoms with Crippen molar-refractivity contribution in [1.29, 1.82) is 0 Å². The molecule has 1 aliphatic heterocycles. The number of para-hydroxylation sites is 1. The number of anilines is 1. The van der Waals surface area contributed by atoms with Gasteiger partial charge in [0.15, 0.2) is 5.81 Å². The fourth-order valence-electron chi connectivity index (χ4n) is 2.25. The monoisotopic (exact) mass is 322 g/mol. The number of piperidine rings is 1. The number of rotatable bonds is 2. The van der Waals surface area contributed by atoms with Gasteiger partial charge in [-0.3, -0.25) is 9.59 Å². The van der Waals surface area contributed by atoms with Crippen LogP contribution >= 0.6 is 15.9 Å². The second kappa shape index (κ2) is 6.24. The van der Waals surface area contributed by atoms with Crippen LogP contribution in [-0.4, -0.2) is 37.5 Å². The highest BCUT2D eigenvalue weighted by Crippen LogP contribution is 2.24. The molecule has 1 fully saturated rings. The smallest absolute Gasteiger partial charge is 0.227 e. The van der Waals surface area contributed by atoms with E-state index in [1.54, 1.807) is 12.7 Å². The Morgan fingerprint density at radius 3 is 2.47 bits per heavy atom. The molecule has 6 heteroatoms. The van der Waals surface area contributed by atoms with E-state index in [4.69, 9.17) is 0 Å². The lowest BCUT2D eigenvalue weighted by Crippen LogP contribution is -2.41. The van der Waals surface area contributed by atoms with E-state index in [0.29, 0.717) is 13.1 Å². The van der Waals surface area contributed by atoms with Crippen LogP contribution in [0.2, 0.25) is 0 Å². The first kappa shape index (κ1) is 14.1. The molecule has 1 aromatic carbocycles. The zero-order valence-corrected chi connectivity index (χ0v) is 12.4. The van der Waals surface area contributed by atoms with Crippen LogP contribution in [0.25, 0.3) is 0 Å². The number of nitrogens with one attached hydrogen (secondary N) is 1. The Balaban J connectivity index is 1.92. The minimum atomic E-state index is -0.0114. The van der Waals surface area contributed by atoms with E-state index in [1.807, 2.05) is 24.3 Å². The summed E-state index contributed by atoms with van der Waals surface area (Å²) in [5.41, 5.74) is 0.793. The van der Waals surface area contributed by atoms with Gasteiger partial charge in [-0.15, -0.1) is 0 Å². The SMILES string of the molecule is BC(=O)N1CCC(C(=O)Nc2ccccc2Br)CC1. The van der Waals surface area contributed by atoms with E-state index < -0.39 is 0 Å². The molecule has 0 bridgehead atoms. The number of nitrogens with zero attached hydrogens (tertiary/aromatic N) is 1. The van der Waals surface area contributed by atoms with Crippen LogP contribution in [0, 0.1) is 5.92 Å². The summed E-state index contributed by atoms with van der Waals surface area (Å²) in [7, 11) is 1.57. The van der Waals surface area contributed by atoms with Gasteiger partial charge in [-0.2, -0.15) is 0 Å². The van der Waals surface area contributed by atoms with Gasteiger partial charge in [0.05, 0.1) is 5.69 Å². The average Bonchev–Trinajstić information content (AvgIpc) is 2.41. The number of likely N-dealkylation sites (tertiary alicyclic amines) is 1. The molecule has 1 aliphatic rings. The zero-order chi connectivity index (χ0) is 13.8. The first-order valence-corrected chi connectivity index (χ1v) is 7.18. The Labute approximate surface area is 122 Å². The van der Waals surface area contributed by atoms with Crippen molar-refractivity contribution in [3.8, 4) is 0 Å². The predicted molar refractivity (Wildman–Crippen MR) is 81.0 cm³/mol. The molecule has 2 amide bonds. The third-order valence-electron chi connectivity index (χ3n) is 3.44. The predicted octanol–water partition coefficient (Wildman–Crippen LogP) is 1.85. The van der Waals surface area contributed by atoms with Gasteiger partial charge >= 0.3 is 0 Å². The lowest BCUT2D eigenvalue weighted by atomic mass is 9.94. The Bertz CT molecular complexity index is 487. The van der Waals surface area contributed by atoms with Crippen molar-refractivity contribution in [2.75, 3.05) is 18.4 Å². The highest BCUT2D eigenvalue weighted by Gasteiger charge is 2.26. The van der Waals surface area contributed by atoms with Crippen LogP contribution in [0.1, 0.15) is 12.8 Å². The minimum Gasteiger partial charge on any atom is -0.352 e. The molecular weight excluding hydrogens is 307 g/mol. The fraction of sp³-hybridized carbons (Fsp3) is 0.385. The van der Waals surface area contributed by atoms with E-state index in [-0.39, 0.29) is 17.6 Å². The first-order chi connectivity index (χ1) is 9.08. The maximum atomic E-state index is 12.2. The van der Waals surface area contributed by atoms with E-state index in [1.165, 1.54) is 0 Å². The maximum absolute atomic E-state index is 12.2.